The fourth-order valence-electron chi connectivity index (χ4n) is 3.32. The molecule has 0 aliphatic rings. The summed E-state index contributed by atoms with van der Waals surface area (Å²) in [5, 5.41) is 0.606. The third kappa shape index (κ3) is 5.75. The second-order valence-corrected chi connectivity index (χ2v) is 7.87. The van der Waals surface area contributed by atoms with Gasteiger partial charge in [-0.3, -0.25) is 9.59 Å². The van der Waals surface area contributed by atoms with E-state index in [-0.39, 0.29) is 16.4 Å². The summed E-state index contributed by atoms with van der Waals surface area (Å²) < 4.78 is 15.5. The Kier molecular flexibility index (Phi) is 8.15. The van der Waals surface area contributed by atoms with E-state index >= 15 is 0 Å². The predicted octanol–water partition coefficient (Wildman–Crippen LogP) is 6.23. The molecule has 0 saturated carbocycles. The summed E-state index contributed by atoms with van der Waals surface area (Å²) in [6.07, 6.45) is 1.66. The zero-order chi connectivity index (χ0) is 24.0. The Labute approximate surface area is 202 Å². The number of methoxy groups -OCH3 is 3. The van der Waals surface area contributed by atoms with Crippen LogP contribution in [0.1, 0.15) is 27.4 Å². The van der Waals surface area contributed by atoms with Gasteiger partial charge in [0.25, 0.3) is 0 Å². The molecule has 7 heteroatoms. The molecular weight excluding hydrogens is 463 g/mol. The standard InChI is InChI=1S/C26H22Cl2O5/c1-31-19-9-4-16(5-10-19)14-21(25(29)17-6-11-20(32-2)12-7-17)24(26(30)33-3)18-8-13-22(27)23(28)15-18/h4-15,24H,1-3H3/b21-14+. The van der Waals surface area contributed by atoms with Gasteiger partial charge in [-0.15, -0.1) is 0 Å². The molecule has 0 heterocycles. The van der Waals surface area contributed by atoms with Crippen molar-refractivity contribution in [3.63, 3.8) is 0 Å². The highest BCUT2D eigenvalue weighted by Crippen LogP contribution is 2.34. The van der Waals surface area contributed by atoms with Crippen molar-refractivity contribution in [2.45, 2.75) is 5.92 Å². The Hall–Kier alpha value is -3.28. The van der Waals surface area contributed by atoms with E-state index in [0.717, 1.165) is 0 Å². The summed E-state index contributed by atoms with van der Waals surface area (Å²) in [4.78, 5) is 26.6. The van der Waals surface area contributed by atoms with Gasteiger partial charge in [-0.2, -0.15) is 0 Å². The SMILES string of the molecule is COC(=O)C(/C(=C\c1ccc(OC)cc1)C(=O)c1ccc(OC)cc1)c1ccc(Cl)c(Cl)c1. The van der Waals surface area contributed by atoms with Gasteiger partial charge >= 0.3 is 5.97 Å². The number of hydrogen-bond donors (Lipinski definition) is 0. The van der Waals surface area contributed by atoms with Gasteiger partial charge in [0.1, 0.15) is 17.4 Å². The lowest BCUT2D eigenvalue weighted by Crippen LogP contribution is -2.21. The molecular formula is C26H22Cl2O5. The molecule has 0 amide bonds. The van der Waals surface area contributed by atoms with E-state index in [1.165, 1.54) is 7.11 Å². The zero-order valence-electron chi connectivity index (χ0n) is 18.3. The molecule has 0 saturated heterocycles. The van der Waals surface area contributed by atoms with Crippen LogP contribution in [0.3, 0.4) is 0 Å². The molecule has 3 aromatic rings. The van der Waals surface area contributed by atoms with Crippen molar-refractivity contribution in [3.05, 3.63) is 99.0 Å². The summed E-state index contributed by atoms with van der Waals surface area (Å²) in [7, 11) is 4.39. The van der Waals surface area contributed by atoms with E-state index in [2.05, 4.69) is 0 Å². The Balaban J connectivity index is 2.18. The lowest BCUT2D eigenvalue weighted by Gasteiger charge is -2.19. The molecule has 1 unspecified atom stereocenters. The first-order chi connectivity index (χ1) is 15.9. The lowest BCUT2D eigenvalue weighted by molar-refractivity contribution is -0.141. The summed E-state index contributed by atoms with van der Waals surface area (Å²) in [5.74, 6) is -0.683. The molecule has 0 radical (unpaired) electrons. The first-order valence-corrected chi connectivity index (χ1v) is 10.7. The van der Waals surface area contributed by atoms with Crippen LogP contribution in [-0.2, 0) is 9.53 Å². The molecule has 0 aliphatic carbocycles. The molecule has 0 aromatic heterocycles. The minimum Gasteiger partial charge on any atom is -0.497 e. The van der Waals surface area contributed by atoms with E-state index in [1.54, 1.807) is 87.0 Å². The molecule has 5 nitrogen and oxygen atoms in total. The maximum atomic E-state index is 13.7. The summed E-state index contributed by atoms with van der Waals surface area (Å²) in [6.45, 7) is 0. The summed E-state index contributed by atoms with van der Waals surface area (Å²) >= 11 is 12.3. The maximum Gasteiger partial charge on any atom is 0.317 e. The van der Waals surface area contributed by atoms with E-state index in [0.29, 0.717) is 33.2 Å². The number of carbonyl (C=O) groups excluding carboxylic acids is 2. The number of Topliss-reactive ketones (excluding diaryl/α,β-unsaturated/α-hetero) is 1. The highest BCUT2D eigenvalue weighted by Gasteiger charge is 2.31. The lowest BCUT2D eigenvalue weighted by atomic mass is 9.85. The largest absolute Gasteiger partial charge is 0.497 e. The third-order valence-electron chi connectivity index (χ3n) is 5.08. The Bertz CT molecular complexity index is 1170. The Morgan fingerprint density at radius 1 is 0.788 bits per heavy atom. The van der Waals surface area contributed by atoms with Crippen molar-refractivity contribution in [2.75, 3.05) is 21.3 Å². The van der Waals surface area contributed by atoms with Gasteiger partial charge in [0, 0.05) is 11.1 Å². The van der Waals surface area contributed by atoms with E-state index in [9.17, 15) is 9.59 Å². The number of rotatable bonds is 8. The fraction of sp³-hybridized carbons (Fsp3) is 0.154. The summed E-state index contributed by atoms with van der Waals surface area (Å²) in [5.41, 5.74) is 1.81. The van der Waals surface area contributed by atoms with Gasteiger partial charge in [-0.05, 0) is 65.7 Å². The molecule has 0 aliphatic heterocycles. The Morgan fingerprint density at radius 2 is 1.36 bits per heavy atom. The summed E-state index contributed by atoms with van der Waals surface area (Å²) in [6, 6.07) is 18.6. The van der Waals surface area contributed by atoms with Crippen molar-refractivity contribution in [2.24, 2.45) is 0 Å². The number of ether oxygens (including phenoxy) is 3. The van der Waals surface area contributed by atoms with Crippen LogP contribution in [0.2, 0.25) is 10.0 Å². The van der Waals surface area contributed by atoms with Gasteiger partial charge in [0.15, 0.2) is 5.78 Å². The predicted molar refractivity (Wildman–Crippen MR) is 130 cm³/mol. The molecule has 0 bridgehead atoms. The smallest absolute Gasteiger partial charge is 0.317 e. The average Bonchev–Trinajstić information content (AvgIpc) is 2.85. The quantitative estimate of drug-likeness (QED) is 0.215. The van der Waals surface area contributed by atoms with Crippen LogP contribution in [0.4, 0.5) is 0 Å². The van der Waals surface area contributed by atoms with Crippen molar-refractivity contribution in [1.29, 1.82) is 0 Å². The van der Waals surface area contributed by atoms with Crippen molar-refractivity contribution < 1.29 is 23.8 Å². The molecule has 0 fully saturated rings. The zero-order valence-corrected chi connectivity index (χ0v) is 19.8. The molecule has 0 N–H and O–H groups in total. The normalized spacial score (nSPS) is 12.1. The van der Waals surface area contributed by atoms with Gasteiger partial charge in [0.05, 0.1) is 31.4 Å². The first kappa shape index (κ1) is 24.4. The second kappa shape index (κ2) is 11.0. The maximum absolute atomic E-state index is 13.7. The molecule has 170 valence electrons. The van der Waals surface area contributed by atoms with Crippen LogP contribution in [0.5, 0.6) is 11.5 Å². The minimum atomic E-state index is -1.03. The van der Waals surface area contributed by atoms with Gasteiger partial charge in [-0.1, -0.05) is 41.4 Å². The minimum absolute atomic E-state index is 0.218. The number of benzene rings is 3. The van der Waals surface area contributed by atoms with Crippen molar-refractivity contribution >= 4 is 41.0 Å². The molecule has 3 aromatic carbocycles. The molecule has 33 heavy (non-hydrogen) atoms. The van der Waals surface area contributed by atoms with Crippen LogP contribution < -0.4 is 9.47 Å². The molecule has 3 rings (SSSR count). The van der Waals surface area contributed by atoms with Crippen molar-refractivity contribution in [3.8, 4) is 11.5 Å². The van der Waals surface area contributed by atoms with E-state index in [4.69, 9.17) is 37.4 Å². The van der Waals surface area contributed by atoms with E-state index < -0.39 is 11.9 Å². The van der Waals surface area contributed by atoms with Gasteiger partial charge in [0.2, 0.25) is 0 Å². The van der Waals surface area contributed by atoms with Crippen LogP contribution in [-0.4, -0.2) is 33.1 Å². The highest BCUT2D eigenvalue weighted by molar-refractivity contribution is 6.42. The number of hydrogen-bond acceptors (Lipinski definition) is 5. The third-order valence-corrected chi connectivity index (χ3v) is 5.82. The first-order valence-electron chi connectivity index (χ1n) is 9.95. The number of halogens is 2. The Morgan fingerprint density at radius 3 is 1.88 bits per heavy atom. The second-order valence-electron chi connectivity index (χ2n) is 7.06. The van der Waals surface area contributed by atoms with Crippen molar-refractivity contribution in [1.82, 2.24) is 0 Å². The van der Waals surface area contributed by atoms with Crippen LogP contribution in [0.15, 0.2) is 72.3 Å². The van der Waals surface area contributed by atoms with Gasteiger partial charge < -0.3 is 14.2 Å². The molecule has 0 spiro atoms. The highest BCUT2D eigenvalue weighted by atomic mass is 35.5. The number of ketones is 1. The monoisotopic (exact) mass is 484 g/mol. The van der Waals surface area contributed by atoms with Crippen LogP contribution >= 0.6 is 23.2 Å². The van der Waals surface area contributed by atoms with Gasteiger partial charge in [-0.25, -0.2) is 0 Å². The van der Waals surface area contributed by atoms with Crippen LogP contribution in [0.25, 0.3) is 6.08 Å². The average molecular weight is 485 g/mol. The van der Waals surface area contributed by atoms with E-state index in [1.807, 2.05) is 0 Å². The topological polar surface area (TPSA) is 61.8 Å². The number of esters is 1. The van der Waals surface area contributed by atoms with Crippen LogP contribution in [0, 0.1) is 0 Å². The number of carbonyl (C=O) groups is 2. The molecule has 1 atom stereocenters. The fourth-order valence-corrected chi connectivity index (χ4v) is 3.63.